The lowest BCUT2D eigenvalue weighted by molar-refractivity contribution is 1.10. The van der Waals surface area contributed by atoms with Crippen molar-refractivity contribution in [2.75, 3.05) is 0 Å². The normalized spacial score (nSPS) is 11.5. The second-order valence-corrected chi connectivity index (χ2v) is 13.0. The lowest BCUT2D eigenvalue weighted by atomic mass is 9.84. The molecule has 238 valence electrons. The predicted octanol–water partition coefficient (Wildman–Crippen LogP) is 12.5. The summed E-state index contributed by atoms with van der Waals surface area (Å²) in [6, 6.07) is 64.7. The van der Waals surface area contributed by atoms with E-state index < -0.39 is 0 Å². The Morgan fingerprint density at radius 1 is 0.392 bits per heavy atom. The summed E-state index contributed by atoms with van der Waals surface area (Å²) in [5.74, 6) is 0.915. The van der Waals surface area contributed by atoms with Crippen LogP contribution in [0.15, 0.2) is 188 Å². The Bertz CT molecular complexity index is 2910. The topological polar surface area (TPSA) is 30.7 Å². The van der Waals surface area contributed by atoms with Crippen molar-refractivity contribution in [2.45, 2.75) is 0 Å². The molecule has 2 heterocycles. The van der Waals surface area contributed by atoms with Crippen LogP contribution in [0.1, 0.15) is 0 Å². The molecule has 0 aliphatic rings. The fourth-order valence-electron chi connectivity index (χ4n) is 7.67. The fourth-order valence-corrected chi connectivity index (χ4v) is 7.67. The van der Waals surface area contributed by atoms with Gasteiger partial charge in [0.1, 0.15) is 5.82 Å². The van der Waals surface area contributed by atoms with E-state index in [2.05, 4.69) is 193 Å². The number of rotatable bonds is 5. The number of nitrogens with zero attached hydrogens (tertiary/aromatic N) is 3. The van der Waals surface area contributed by atoms with Crippen molar-refractivity contribution in [3.05, 3.63) is 188 Å². The molecule has 3 heteroatoms. The summed E-state index contributed by atoms with van der Waals surface area (Å²) in [5, 5.41) is 7.12. The molecule has 0 aliphatic carbocycles. The minimum absolute atomic E-state index is 0.915. The van der Waals surface area contributed by atoms with Gasteiger partial charge in [-0.2, -0.15) is 0 Å². The maximum absolute atomic E-state index is 5.21. The van der Waals surface area contributed by atoms with Gasteiger partial charge in [0, 0.05) is 28.4 Å². The Hall–Kier alpha value is -6.84. The third-order valence-electron chi connectivity index (χ3n) is 10.0. The van der Waals surface area contributed by atoms with Gasteiger partial charge >= 0.3 is 0 Å². The highest BCUT2D eigenvalue weighted by Crippen LogP contribution is 2.46. The first-order chi connectivity index (χ1) is 25.3. The quantitative estimate of drug-likeness (QED) is 0.174. The summed E-state index contributed by atoms with van der Waals surface area (Å²) in [7, 11) is 0. The minimum Gasteiger partial charge on any atom is -0.292 e. The highest BCUT2D eigenvalue weighted by molar-refractivity contribution is 6.22. The van der Waals surface area contributed by atoms with E-state index in [0.717, 1.165) is 50.3 Å². The van der Waals surface area contributed by atoms with Crippen LogP contribution < -0.4 is 0 Å². The molecule has 2 aromatic heterocycles. The molecular weight excluding hydrogens is 619 g/mol. The summed E-state index contributed by atoms with van der Waals surface area (Å²) in [6.07, 6.45) is 2.07. The van der Waals surface area contributed by atoms with Gasteiger partial charge in [0.2, 0.25) is 0 Å². The van der Waals surface area contributed by atoms with Gasteiger partial charge in [-0.15, -0.1) is 0 Å². The summed E-state index contributed by atoms with van der Waals surface area (Å²) in [4.78, 5) is 10.3. The average Bonchev–Trinajstić information content (AvgIpc) is 3.60. The summed E-state index contributed by atoms with van der Waals surface area (Å²) in [6.45, 7) is 0. The molecule has 10 rings (SSSR count). The van der Waals surface area contributed by atoms with Crippen molar-refractivity contribution in [3.8, 4) is 50.6 Å². The van der Waals surface area contributed by atoms with Crippen LogP contribution >= 0.6 is 0 Å². The number of hydrogen-bond acceptors (Lipinski definition) is 2. The molecule has 0 N–H and O–H groups in total. The van der Waals surface area contributed by atoms with Crippen molar-refractivity contribution < 1.29 is 0 Å². The van der Waals surface area contributed by atoms with Crippen molar-refractivity contribution >= 4 is 43.4 Å². The van der Waals surface area contributed by atoms with Crippen molar-refractivity contribution in [1.29, 1.82) is 0 Å². The molecule has 0 unspecified atom stereocenters. The molecule has 0 saturated heterocycles. The van der Waals surface area contributed by atoms with Crippen molar-refractivity contribution in [1.82, 2.24) is 14.5 Å². The largest absolute Gasteiger partial charge is 0.292 e. The van der Waals surface area contributed by atoms with Gasteiger partial charge < -0.3 is 0 Å². The number of pyridine rings is 1. The van der Waals surface area contributed by atoms with Crippen LogP contribution in [0.3, 0.4) is 0 Å². The average molecular weight is 650 g/mol. The molecule has 0 radical (unpaired) electrons. The Kier molecular flexibility index (Phi) is 6.81. The smallest absolute Gasteiger partial charge is 0.145 e. The number of fused-ring (bicyclic) bond motifs is 5. The van der Waals surface area contributed by atoms with E-state index in [1.54, 1.807) is 0 Å². The number of aromatic nitrogens is 3. The maximum Gasteiger partial charge on any atom is 0.145 e. The molecule has 0 fully saturated rings. The standard InChI is InChI=1S/C48H31N3/c1-3-15-33(16-4-1)46-41-30-44(35-27-26-32-14-7-8-17-34(32)28-35)49-31-42(41)39-22-9-10-23-40(39)47(46)36-18-13-19-37(29-36)48-50-43-24-11-12-25-45(43)51(48)38-20-5-2-6-21-38/h1-31H. The highest BCUT2D eigenvalue weighted by atomic mass is 15.1. The third kappa shape index (κ3) is 4.90. The molecule has 0 atom stereocenters. The van der Waals surface area contributed by atoms with Crippen LogP contribution in [0.5, 0.6) is 0 Å². The summed E-state index contributed by atoms with van der Waals surface area (Å²) < 4.78 is 2.27. The van der Waals surface area contributed by atoms with Crippen LogP contribution in [-0.4, -0.2) is 14.5 Å². The second-order valence-electron chi connectivity index (χ2n) is 13.0. The predicted molar refractivity (Wildman–Crippen MR) is 213 cm³/mol. The van der Waals surface area contributed by atoms with Crippen LogP contribution in [0.2, 0.25) is 0 Å². The van der Waals surface area contributed by atoms with Gasteiger partial charge in [-0.1, -0.05) is 140 Å². The van der Waals surface area contributed by atoms with E-state index >= 15 is 0 Å². The third-order valence-corrected chi connectivity index (χ3v) is 10.0. The number of benzene rings is 8. The monoisotopic (exact) mass is 649 g/mol. The molecule has 0 saturated carbocycles. The van der Waals surface area contributed by atoms with Crippen LogP contribution in [-0.2, 0) is 0 Å². The number of hydrogen-bond donors (Lipinski definition) is 0. The lowest BCUT2D eigenvalue weighted by Gasteiger charge is -2.19. The Morgan fingerprint density at radius 3 is 1.92 bits per heavy atom. The van der Waals surface area contributed by atoms with Crippen LogP contribution in [0.25, 0.3) is 93.9 Å². The van der Waals surface area contributed by atoms with Gasteiger partial charge in [-0.25, -0.2) is 4.98 Å². The number of para-hydroxylation sites is 3. The molecular formula is C48H31N3. The molecule has 0 bridgehead atoms. The molecule has 3 nitrogen and oxygen atoms in total. The first-order valence-electron chi connectivity index (χ1n) is 17.3. The Balaban J connectivity index is 1.26. The molecule has 0 aliphatic heterocycles. The Labute approximate surface area is 295 Å². The molecule has 8 aromatic carbocycles. The first-order valence-corrected chi connectivity index (χ1v) is 17.3. The van der Waals surface area contributed by atoms with E-state index in [0.29, 0.717) is 0 Å². The molecule has 10 aromatic rings. The Morgan fingerprint density at radius 2 is 1.06 bits per heavy atom. The van der Waals surface area contributed by atoms with Gasteiger partial charge in [-0.3, -0.25) is 9.55 Å². The van der Waals surface area contributed by atoms with Gasteiger partial charge in [0.25, 0.3) is 0 Å². The SMILES string of the molecule is c1ccc(-c2c(-c3cccc(-c4nc5ccccc5n4-c4ccccc4)c3)c3ccccc3c3cnc(-c4ccc5ccccc5c4)cc23)cc1. The zero-order chi connectivity index (χ0) is 33.7. The first kappa shape index (κ1) is 29.1. The molecule has 0 spiro atoms. The second kappa shape index (κ2) is 11.9. The van der Waals surface area contributed by atoms with Crippen molar-refractivity contribution in [2.24, 2.45) is 0 Å². The zero-order valence-corrected chi connectivity index (χ0v) is 27.7. The van der Waals surface area contributed by atoms with E-state index in [9.17, 15) is 0 Å². The highest BCUT2D eigenvalue weighted by Gasteiger charge is 2.21. The van der Waals surface area contributed by atoms with Crippen LogP contribution in [0, 0.1) is 0 Å². The van der Waals surface area contributed by atoms with Gasteiger partial charge in [0.05, 0.1) is 16.7 Å². The molecule has 51 heavy (non-hydrogen) atoms. The van der Waals surface area contributed by atoms with Crippen molar-refractivity contribution in [3.63, 3.8) is 0 Å². The lowest BCUT2D eigenvalue weighted by Crippen LogP contribution is -1.98. The van der Waals surface area contributed by atoms with E-state index in [1.165, 1.54) is 43.6 Å². The zero-order valence-electron chi connectivity index (χ0n) is 27.7. The van der Waals surface area contributed by atoms with Gasteiger partial charge in [-0.05, 0) is 91.6 Å². The van der Waals surface area contributed by atoms with Gasteiger partial charge in [0.15, 0.2) is 0 Å². The fraction of sp³-hybridized carbons (Fsp3) is 0. The maximum atomic E-state index is 5.21. The molecule has 0 amide bonds. The van der Waals surface area contributed by atoms with E-state index in [1.807, 2.05) is 0 Å². The summed E-state index contributed by atoms with van der Waals surface area (Å²) >= 11 is 0. The van der Waals surface area contributed by atoms with E-state index in [4.69, 9.17) is 9.97 Å². The number of imidazole rings is 1. The minimum atomic E-state index is 0.915. The van der Waals surface area contributed by atoms with Crippen LogP contribution in [0.4, 0.5) is 0 Å². The van der Waals surface area contributed by atoms with E-state index in [-0.39, 0.29) is 0 Å². The summed E-state index contributed by atoms with van der Waals surface area (Å²) in [5.41, 5.74) is 11.0.